The van der Waals surface area contributed by atoms with E-state index in [1.165, 1.54) is 0 Å². The zero-order chi connectivity index (χ0) is 15.1. The summed E-state index contributed by atoms with van der Waals surface area (Å²) in [6.45, 7) is 0. The molecule has 1 amide bonds. The normalized spacial score (nSPS) is 11.1. The highest BCUT2D eigenvalue weighted by Gasteiger charge is 2.05. The number of benzene rings is 2. The first kappa shape index (κ1) is 14.6. The molecule has 0 spiro atoms. The van der Waals surface area contributed by atoms with E-state index in [2.05, 4.69) is 10.5 Å². The number of oxime groups is 1. The fraction of sp³-hybridized carbons (Fsp3) is 0.125. The third-order valence-corrected chi connectivity index (χ3v) is 3.03. The van der Waals surface area contributed by atoms with Gasteiger partial charge in [0.1, 0.15) is 0 Å². The molecule has 0 aromatic heterocycles. The Hall–Kier alpha value is -2.82. The van der Waals surface area contributed by atoms with Crippen molar-refractivity contribution in [1.82, 2.24) is 0 Å². The number of hydrogen-bond donors (Lipinski definition) is 3. The summed E-state index contributed by atoms with van der Waals surface area (Å²) in [5.41, 5.74) is 7.82. The van der Waals surface area contributed by atoms with Crippen LogP contribution in [0.3, 0.4) is 0 Å². The maximum atomic E-state index is 11.9. The molecule has 0 radical (unpaired) electrons. The van der Waals surface area contributed by atoms with Crippen molar-refractivity contribution in [3.05, 3.63) is 65.7 Å². The summed E-state index contributed by atoms with van der Waals surface area (Å²) in [7, 11) is 0. The Morgan fingerprint density at radius 2 is 1.90 bits per heavy atom. The Morgan fingerprint density at radius 1 is 1.14 bits per heavy atom. The summed E-state index contributed by atoms with van der Waals surface area (Å²) < 4.78 is 0. The molecule has 0 atom stereocenters. The molecule has 0 bridgehead atoms. The van der Waals surface area contributed by atoms with Gasteiger partial charge in [-0.1, -0.05) is 47.6 Å². The van der Waals surface area contributed by atoms with Crippen molar-refractivity contribution in [2.45, 2.75) is 12.8 Å². The van der Waals surface area contributed by atoms with Crippen LogP contribution in [0.2, 0.25) is 0 Å². The Bertz CT molecular complexity index is 639. The van der Waals surface area contributed by atoms with Crippen molar-refractivity contribution < 1.29 is 10.0 Å². The molecule has 2 rings (SSSR count). The van der Waals surface area contributed by atoms with Gasteiger partial charge in [-0.05, 0) is 24.1 Å². The van der Waals surface area contributed by atoms with Gasteiger partial charge in [0.2, 0.25) is 5.91 Å². The first-order valence-electron chi connectivity index (χ1n) is 6.61. The third kappa shape index (κ3) is 4.35. The summed E-state index contributed by atoms with van der Waals surface area (Å²) in [6, 6.07) is 16.7. The number of aryl methyl sites for hydroxylation is 1. The molecule has 21 heavy (non-hydrogen) atoms. The molecule has 108 valence electrons. The largest absolute Gasteiger partial charge is 0.409 e. The second-order valence-electron chi connectivity index (χ2n) is 4.60. The average Bonchev–Trinajstić information content (AvgIpc) is 2.53. The second kappa shape index (κ2) is 7.09. The molecule has 4 N–H and O–H groups in total. The SMILES string of the molecule is N/C(=N/O)c1cccc(NC(=O)CCc2ccccc2)c1. The van der Waals surface area contributed by atoms with Gasteiger partial charge in [-0.2, -0.15) is 0 Å². The zero-order valence-corrected chi connectivity index (χ0v) is 11.5. The lowest BCUT2D eigenvalue weighted by molar-refractivity contribution is -0.116. The number of amides is 1. The molecule has 5 nitrogen and oxygen atoms in total. The third-order valence-electron chi connectivity index (χ3n) is 3.03. The van der Waals surface area contributed by atoms with E-state index in [1.807, 2.05) is 30.3 Å². The van der Waals surface area contributed by atoms with Crippen LogP contribution in [0.5, 0.6) is 0 Å². The molecular formula is C16H17N3O2. The van der Waals surface area contributed by atoms with Crippen molar-refractivity contribution >= 4 is 17.4 Å². The molecule has 0 aliphatic heterocycles. The van der Waals surface area contributed by atoms with E-state index in [0.29, 0.717) is 24.1 Å². The Morgan fingerprint density at radius 3 is 2.62 bits per heavy atom. The van der Waals surface area contributed by atoms with Gasteiger partial charge in [-0.3, -0.25) is 4.79 Å². The van der Waals surface area contributed by atoms with E-state index in [1.54, 1.807) is 24.3 Å². The molecule has 2 aromatic carbocycles. The van der Waals surface area contributed by atoms with Gasteiger partial charge in [-0.15, -0.1) is 0 Å². The summed E-state index contributed by atoms with van der Waals surface area (Å²) >= 11 is 0. The molecule has 2 aromatic rings. The molecular weight excluding hydrogens is 266 g/mol. The molecule has 0 fully saturated rings. The Labute approximate surface area is 123 Å². The van der Waals surface area contributed by atoms with E-state index in [4.69, 9.17) is 10.9 Å². The Kier molecular flexibility index (Phi) is 4.93. The number of hydrogen-bond acceptors (Lipinski definition) is 3. The number of nitrogens with two attached hydrogens (primary N) is 1. The van der Waals surface area contributed by atoms with E-state index in [0.717, 1.165) is 5.56 Å². The average molecular weight is 283 g/mol. The maximum absolute atomic E-state index is 11.9. The standard InChI is InChI=1S/C16H17N3O2/c17-16(19-21)13-7-4-8-14(11-13)18-15(20)10-9-12-5-2-1-3-6-12/h1-8,11,21H,9-10H2,(H2,17,19)(H,18,20). The van der Waals surface area contributed by atoms with Crippen LogP contribution in [0.15, 0.2) is 59.8 Å². The zero-order valence-electron chi connectivity index (χ0n) is 11.5. The second-order valence-corrected chi connectivity index (χ2v) is 4.60. The lowest BCUT2D eigenvalue weighted by Crippen LogP contribution is -2.15. The molecule has 5 heteroatoms. The topological polar surface area (TPSA) is 87.7 Å². The van der Waals surface area contributed by atoms with Crippen LogP contribution >= 0.6 is 0 Å². The van der Waals surface area contributed by atoms with Gasteiger partial charge in [0.25, 0.3) is 0 Å². The molecule has 0 heterocycles. The fourth-order valence-electron chi connectivity index (χ4n) is 1.94. The van der Waals surface area contributed by atoms with Gasteiger partial charge in [0, 0.05) is 17.7 Å². The highest BCUT2D eigenvalue weighted by atomic mass is 16.4. The summed E-state index contributed by atoms with van der Waals surface area (Å²) in [5, 5.41) is 14.4. The lowest BCUT2D eigenvalue weighted by Gasteiger charge is -2.07. The lowest BCUT2D eigenvalue weighted by atomic mass is 10.1. The molecule has 0 saturated heterocycles. The first-order chi connectivity index (χ1) is 10.2. The summed E-state index contributed by atoms with van der Waals surface area (Å²) in [6.07, 6.45) is 1.09. The summed E-state index contributed by atoms with van der Waals surface area (Å²) in [5.74, 6) is -0.0640. The smallest absolute Gasteiger partial charge is 0.224 e. The minimum atomic E-state index is -0.0736. The van der Waals surface area contributed by atoms with Crippen LogP contribution in [0.25, 0.3) is 0 Å². The van der Waals surface area contributed by atoms with Crippen molar-refractivity contribution in [1.29, 1.82) is 0 Å². The van der Waals surface area contributed by atoms with Gasteiger partial charge in [-0.25, -0.2) is 0 Å². The number of nitrogens with one attached hydrogen (secondary N) is 1. The number of carbonyl (C=O) groups excluding carboxylic acids is 1. The number of nitrogens with zero attached hydrogens (tertiary/aromatic N) is 1. The van der Waals surface area contributed by atoms with Crippen LogP contribution in [-0.2, 0) is 11.2 Å². The van der Waals surface area contributed by atoms with Crippen LogP contribution in [0, 0.1) is 0 Å². The highest BCUT2D eigenvalue weighted by Crippen LogP contribution is 2.11. The molecule has 0 aliphatic rings. The van der Waals surface area contributed by atoms with Gasteiger partial charge in [0.15, 0.2) is 5.84 Å². The fourth-order valence-corrected chi connectivity index (χ4v) is 1.94. The number of rotatable bonds is 5. The highest BCUT2D eigenvalue weighted by molar-refractivity contribution is 5.99. The van der Waals surface area contributed by atoms with Crippen molar-refractivity contribution in [2.75, 3.05) is 5.32 Å². The number of amidine groups is 1. The maximum Gasteiger partial charge on any atom is 0.224 e. The quantitative estimate of drug-likeness (QED) is 0.340. The molecule has 0 aliphatic carbocycles. The molecule has 0 saturated carbocycles. The summed E-state index contributed by atoms with van der Waals surface area (Å²) in [4.78, 5) is 11.9. The van der Waals surface area contributed by atoms with Crippen molar-refractivity contribution in [3.8, 4) is 0 Å². The predicted molar refractivity (Wildman–Crippen MR) is 82.3 cm³/mol. The van der Waals surface area contributed by atoms with Crippen LogP contribution < -0.4 is 11.1 Å². The van der Waals surface area contributed by atoms with Gasteiger partial charge in [0.05, 0.1) is 0 Å². The van der Waals surface area contributed by atoms with Crippen LogP contribution in [-0.4, -0.2) is 17.0 Å². The van der Waals surface area contributed by atoms with E-state index in [9.17, 15) is 4.79 Å². The first-order valence-corrected chi connectivity index (χ1v) is 6.61. The van der Waals surface area contributed by atoms with Crippen molar-refractivity contribution in [3.63, 3.8) is 0 Å². The predicted octanol–water partition coefficient (Wildman–Crippen LogP) is 2.35. The van der Waals surface area contributed by atoms with Crippen molar-refractivity contribution in [2.24, 2.45) is 10.9 Å². The van der Waals surface area contributed by atoms with E-state index in [-0.39, 0.29) is 11.7 Å². The number of anilines is 1. The van der Waals surface area contributed by atoms with Gasteiger partial charge < -0.3 is 16.3 Å². The van der Waals surface area contributed by atoms with E-state index >= 15 is 0 Å². The minimum Gasteiger partial charge on any atom is -0.409 e. The number of carbonyl (C=O) groups is 1. The van der Waals surface area contributed by atoms with E-state index < -0.39 is 0 Å². The minimum absolute atomic E-state index is 0.00962. The monoisotopic (exact) mass is 283 g/mol. The molecule has 0 unspecified atom stereocenters. The van der Waals surface area contributed by atoms with Crippen LogP contribution in [0.1, 0.15) is 17.5 Å². The van der Waals surface area contributed by atoms with Crippen LogP contribution in [0.4, 0.5) is 5.69 Å². The van der Waals surface area contributed by atoms with Gasteiger partial charge >= 0.3 is 0 Å². The Balaban J connectivity index is 1.94.